The third-order valence-electron chi connectivity index (χ3n) is 5.63. The van der Waals surface area contributed by atoms with Crippen molar-refractivity contribution in [1.29, 1.82) is 0 Å². The van der Waals surface area contributed by atoms with Crippen LogP contribution in [-0.2, 0) is 4.79 Å². The molecule has 0 aliphatic heterocycles. The lowest BCUT2D eigenvalue weighted by molar-refractivity contribution is -0.134. The topological polar surface area (TPSA) is 142 Å². The number of nitrogens with two attached hydrogens (primary N) is 2. The van der Waals surface area contributed by atoms with Crippen LogP contribution in [0.15, 0.2) is 58.8 Å². The molecule has 0 amide bonds. The van der Waals surface area contributed by atoms with Crippen LogP contribution in [0.2, 0.25) is 0 Å². The van der Waals surface area contributed by atoms with E-state index in [1.807, 2.05) is 0 Å². The average Bonchev–Trinajstić information content (AvgIpc) is 2.87. The minimum absolute atomic E-state index is 0.0684. The monoisotopic (exact) mass is 489 g/mol. The second kappa shape index (κ2) is 14.5. The first kappa shape index (κ1) is 26.7. The maximum atomic E-state index is 12.1. The summed E-state index contributed by atoms with van der Waals surface area (Å²) in [5.74, 6) is 0.841. The fourth-order valence-electron chi connectivity index (χ4n) is 3.67. The predicted molar refractivity (Wildman–Crippen MR) is 142 cm³/mol. The molecule has 36 heavy (non-hydrogen) atoms. The van der Waals surface area contributed by atoms with Gasteiger partial charge in [0.2, 0.25) is 11.9 Å². The number of benzene rings is 2. The quantitative estimate of drug-likeness (QED) is 0.108. The number of carbonyl (C=O) groups excluding carboxylic acids is 1. The van der Waals surface area contributed by atoms with Crippen LogP contribution in [-0.4, -0.2) is 20.9 Å². The summed E-state index contributed by atoms with van der Waals surface area (Å²) in [4.78, 5) is 24.0. The maximum absolute atomic E-state index is 12.1. The van der Waals surface area contributed by atoms with Gasteiger partial charge in [-0.3, -0.25) is 4.79 Å². The summed E-state index contributed by atoms with van der Waals surface area (Å²) in [6, 6.07) is 14.2. The number of hydrogen-bond donors (Lipinski definition) is 2. The number of anilines is 2. The van der Waals surface area contributed by atoms with Crippen molar-refractivity contribution in [3.05, 3.63) is 48.5 Å². The highest BCUT2D eigenvalue weighted by molar-refractivity contribution is 5.72. The molecule has 0 aliphatic carbocycles. The largest absolute Gasteiger partial charge is 0.427 e. The van der Waals surface area contributed by atoms with Gasteiger partial charge in [0.25, 0.3) is 0 Å². The molecular weight excluding hydrogens is 454 g/mol. The van der Waals surface area contributed by atoms with E-state index in [9.17, 15) is 4.79 Å². The van der Waals surface area contributed by atoms with E-state index in [1.165, 1.54) is 44.9 Å². The number of hydrogen-bond acceptors (Lipinski definition) is 9. The minimum atomic E-state index is -0.200. The van der Waals surface area contributed by atoms with Gasteiger partial charge in [-0.15, -0.1) is 0 Å². The fraction of sp³-hybridized carbons (Fsp3) is 0.407. The number of rotatable bonds is 14. The standard InChI is InChI=1S/C27H35N7O2/c1-2-3-4-5-6-7-8-9-10-11-24(35)36-23-18-16-22(17-19-23)34-33-21-14-12-20(13-15-21)25-30-26(28)32-27(29)31-25/h12-19H,2-11H2,1H3,(H4,28,29,30,31,32). The Balaban J connectivity index is 1.39. The van der Waals surface area contributed by atoms with Crippen molar-refractivity contribution >= 4 is 29.2 Å². The van der Waals surface area contributed by atoms with Crippen LogP contribution >= 0.6 is 0 Å². The zero-order chi connectivity index (χ0) is 25.6. The Morgan fingerprint density at radius 1 is 0.722 bits per heavy atom. The summed E-state index contributed by atoms with van der Waals surface area (Å²) < 4.78 is 5.43. The number of ether oxygens (including phenoxy) is 1. The zero-order valence-corrected chi connectivity index (χ0v) is 20.9. The highest BCUT2D eigenvalue weighted by Gasteiger charge is 2.06. The van der Waals surface area contributed by atoms with Gasteiger partial charge in [-0.1, -0.05) is 58.3 Å². The lowest BCUT2D eigenvalue weighted by atomic mass is 10.1. The molecule has 0 aliphatic rings. The van der Waals surface area contributed by atoms with E-state index >= 15 is 0 Å². The third-order valence-corrected chi connectivity index (χ3v) is 5.63. The number of nitrogens with zero attached hydrogens (tertiary/aromatic N) is 5. The van der Waals surface area contributed by atoms with Crippen LogP contribution in [0.4, 0.5) is 23.3 Å². The molecule has 0 fully saturated rings. The first-order chi connectivity index (χ1) is 17.5. The molecule has 3 rings (SSSR count). The van der Waals surface area contributed by atoms with Crippen LogP contribution in [0.1, 0.15) is 71.1 Å². The van der Waals surface area contributed by atoms with Gasteiger partial charge in [0.05, 0.1) is 11.4 Å². The summed E-state index contributed by atoms with van der Waals surface area (Å²) in [6.45, 7) is 2.23. The molecule has 2 aromatic carbocycles. The van der Waals surface area contributed by atoms with E-state index in [-0.39, 0.29) is 17.9 Å². The Morgan fingerprint density at radius 2 is 1.22 bits per heavy atom. The molecule has 0 atom stereocenters. The van der Waals surface area contributed by atoms with E-state index in [2.05, 4.69) is 32.1 Å². The second-order valence-electron chi connectivity index (χ2n) is 8.67. The van der Waals surface area contributed by atoms with E-state index in [4.69, 9.17) is 16.2 Å². The summed E-state index contributed by atoms with van der Waals surface area (Å²) in [5.41, 5.74) is 13.3. The van der Waals surface area contributed by atoms with Crippen LogP contribution in [0.3, 0.4) is 0 Å². The summed E-state index contributed by atoms with van der Waals surface area (Å²) in [5, 5.41) is 8.47. The lowest BCUT2D eigenvalue weighted by Crippen LogP contribution is -2.07. The highest BCUT2D eigenvalue weighted by atomic mass is 16.5. The number of unbranched alkanes of at least 4 members (excludes halogenated alkanes) is 8. The molecule has 4 N–H and O–H groups in total. The lowest BCUT2D eigenvalue weighted by Gasteiger charge is -2.05. The van der Waals surface area contributed by atoms with E-state index in [1.54, 1.807) is 48.5 Å². The second-order valence-corrected chi connectivity index (χ2v) is 8.67. The highest BCUT2D eigenvalue weighted by Crippen LogP contribution is 2.24. The van der Waals surface area contributed by atoms with Gasteiger partial charge in [0.1, 0.15) is 5.75 Å². The molecule has 0 radical (unpaired) electrons. The van der Waals surface area contributed by atoms with Gasteiger partial charge < -0.3 is 16.2 Å². The van der Waals surface area contributed by atoms with Gasteiger partial charge >= 0.3 is 5.97 Å². The van der Waals surface area contributed by atoms with Crippen molar-refractivity contribution in [3.8, 4) is 17.1 Å². The summed E-state index contributed by atoms with van der Waals surface area (Å²) in [7, 11) is 0. The van der Waals surface area contributed by atoms with Crippen LogP contribution < -0.4 is 16.2 Å². The smallest absolute Gasteiger partial charge is 0.311 e. The van der Waals surface area contributed by atoms with Crippen LogP contribution in [0.25, 0.3) is 11.4 Å². The van der Waals surface area contributed by atoms with Crippen molar-refractivity contribution in [2.75, 3.05) is 11.5 Å². The molecule has 9 heteroatoms. The fourth-order valence-corrected chi connectivity index (χ4v) is 3.67. The molecule has 190 valence electrons. The van der Waals surface area contributed by atoms with Gasteiger partial charge in [-0.05, 0) is 55.0 Å². The first-order valence-corrected chi connectivity index (χ1v) is 12.6. The molecule has 9 nitrogen and oxygen atoms in total. The average molecular weight is 490 g/mol. The SMILES string of the molecule is CCCCCCCCCCCC(=O)Oc1ccc(N=Nc2ccc(-c3nc(N)nc(N)n3)cc2)cc1. The molecule has 0 saturated heterocycles. The Bertz CT molecular complexity index is 1100. The van der Waals surface area contributed by atoms with Crippen LogP contribution in [0.5, 0.6) is 5.75 Å². The number of esters is 1. The Morgan fingerprint density at radius 3 is 1.78 bits per heavy atom. The van der Waals surface area contributed by atoms with E-state index < -0.39 is 0 Å². The number of carbonyl (C=O) groups is 1. The Hall–Kier alpha value is -3.88. The van der Waals surface area contributed by atoms with Gasteiger partial charge in [-0.25, -0.2) is 0 Å². The van der Waals surface area contributed by atoms with Gasteiger partial charge in [-0.2, -0.15) is 25.2 Å². The number of nitrogen functional groups attached to an aromatic ring is 2. The van der Waals surface area contributed by atoms with Crippen molar-refractivity contribution < 1.29 is 9.53 Å². The summed E-state index contributed by atoms with van der Waals surface area (Å²) >= 11 is 0. The molecule has 1 aromatic heterocycles. The van der Waals surface area contributed by atoms with Crippen LogP contribution in [0, 0.1) is 0 Å². The third kappa shape index (κ3) is 9.40. The van der Waals surface area contributed by atoms with Gasteiger partial charge in [0.15, 0.2) is 5.82 Å². The van der Waals surface area contributed by atoms with Crippen molar-refractivity contribution in [2.24, 2.45) is 10.2 Å². The number of azo groups is 1. The molecule has 3 aromatic rings. The first-order valence-electron chi connectivity index (χ1n) is 12.6. The Kier molecular flexibility index (Phi) is 10.8. The molecular formula is C27H35N7O2. The van der Waals surface area contributed by atoms with Gasteiger partial charge in [0, 0.05) is 12.0 Å². The van der Waals surface area contributed by atoms with E-state index in [0.29, 0.717) is 29.4 Å². The predicted octanol–water partition coefficient (Wildman–Crippen LogP) is 6.94. The molecule has 1 heterocycles. The molecule has 0 saturated carbocycles. The van der Waals surface area contributed by atoms with Crippen molar-refractivity contribution in [3.63, 3.8) is 0 Å². The van der Waals surface area contributed by atoms with Crippen molar-refractivity contribution in [2.45, 2.75) is 71.1 Å². The molecule has 0 spiro atoms. The zero-order valence-electron chi connectivity index (χ0n) is 20.9. The maximum Gasteiger partial charge on any atom is 0.311 e. The van der Waals surface area contributed by atoms with E-state index in [0.717, 1.165) is 18.4 Å². The normalized spacial score (nSPS) is 11.1. The Labute approximate surface area is 212 Å². The summed E-state index contributed by atoms with van der Waals surface area (Å²) in [6.07, 6.45) is 11.4. The minimum Gasteiger partial charge on any atom is -0.427 e. The molecule has 0 unspecified atom stereocenters. The number of aromatic nitrogens is 3. The van der Waals surface area contributed by atoms with Crippen molar-refractivity contribution in [1.82, 2.24) is 15.0 Å². The molecule has 0 bridgehead atoms.